The fourth-order valence-electron chi connectivity index (χ4n) is 1.97. The Morgan fingerprint density at radius 3 is 2.15 bits per heavy atom. The highest BCUT2D eigenvalue weighted by molar-refractivity contribution is 9.09. The zero-order valence-electron chi connectivity index (χ0n) is 10.6. The molecule has 0 aliphatic rings. The summed E-state index contributed by atoms with van der Waals surface area (Å²) < 4.78 is 54.8. The van der Waals surface area contributed by atoms with E-state index >= 15 is 0 Å². The largest absolute Gasteiger partial charge is 0.207 e. The number of aryl methyl sites for hydroxylation is 1. The molecule has 0 radical (unpaired) electrons. The van der Waals surface area contributed by atoms with Crippen LogP contribution in [-0.4, -0.2) is 0 Å². The molecule has 20 heavy (non-hydrogen) atoms. The van der Waals surface area contributed by atoms with Crippen molar-refractivity contribution in [3.8, 4) is 0 Å². The van der Waals surface area contributed by atoms with Crippen molar-refractivity contribution in [3.05, 3.63) is 70.3 Å². The molecule has 0 bridgehead atoms. The van der Waals surface area contributed by atoms with Gasteiger partial charge < -0.3 is 0 Å². The van der Waals surface area contributed by atoms with Gasteiger partial charge in [-0.2, -0.15) is 0 Å². The highest BCUT2D eigenvalue weighted by atomic mass is 79.9. The first-order chi connectivity index (χ1) is 9.41. The van der Waals surface area contributed by atoms with Crippen molar-refractivity contribution in [2.45, 2.75) is 18.2 Å². The van der Waals surface area contributed by atoms with E-state index in [1.165, 1.54) is 19.1 Å². The normalized spacial score (nSPS) is 12.5. The number of rotatable bonds is 3. The van der Waals surface area contributed by atoms with E-state index in [1.807, 2.05) is 0 Å². The van der Waals surface area contributed by atoms with Crippen molar-refractivity contribution < 1.29 is 17.6 Å². The van der Waals surface area contributed by atoms with Crippen LogP contribution >= 0.6 is 15.9 Å². The van der Waals surface area contributed by atoms with Crippen molar-refractivity contribution in [2.24, 2.45) is 0 Å². The maximum Gasteiger partial charge on any atom is 0.133 e. The van der Waals surface area contributed by atoms with Gasteiger partial charge in [0.25, 0.3) is 0 Å². The maximum absolute atomic E-state index is 14.0. The van der Waals surface area contributed by atoms with E-state index < -0.39 is 28.1 Å². The Bertz CT molecular complexity index is 620. The average molecular weight is 347 g/mol. The predicted octanol–water partition coefficient (Wildman–Crippen LogP) is 5.23. The summed E-state index contributed by atoms with van der Waals surface area (Å²) in [5.74, 6) is -2.92. The van der Waals surface area contributed by atoms with Gasteiger partial charge in [-0.25, -0.2) is 17.6 Å². The van der Waals surface area contributed by atoms with E-state index in [4.69, 9.17) is 0 Å². The SMILES string of the molecule is Cc1ccc(F)c(C(Br)Cc2c(F)cccc2F)c1F. The molecule has 0 aromatic heterocycles. The summed E-state index contributed by atoms with van der Waals surface area (Å²) in [6.45, 7) is 1.50. The van der Waals surface area contributed by atoms with Gasteiger partial charge >= 0.3 is 0 Å². The smallest absolute Gasteiger partial charge is 0.133 e. The molecule has 0 aliphatic carbocycles. The minimum Gasteiger partial charge on any atom is -0.207 e. The van der Waals surface area contributed by atoms with Crippen LogP contribution in [0, 0.1) is 30.2 Å². The maximum atomic E-state index is 14.0. The molecular formula is C15H11BrF4. The van der Waals surface area contributed by atoms with Crippen LogP contribution in [0.3, 0.4) is 0 Å². The van der Waals surface area contributed by atoms with E-state index in [-0.39, 0.29) is 23.1 Å². The van der Waals surface area contributed by atoms with Crippen LogP contribution in [0.1, 0.15) is 21.5 Å². The molecule has 0 spiro atoms. The number of hydrogen-bond donors (Lipinski definition) is 0. The van der Waals surface area contributed by atoms with Crippen molar-refractivity contribution in [1.82, 2.24) is 0 Å². The van der Waals surface area contributed by atoms with Gasteiger partial charge in [0, 0.05) is 16.0 Å². The van der Waals surface area contributed by atoms with Crippen LogP contribution in [0.2, 0.25) is 0 Å². The summed E-state index contributed by atoms with van der Waals surface area (Å²) in [5, 5.41) is 0. The fourth-order valence-corrected chi connectivity index (χ4v) is 2.72. The van der Waals surface area contributed by atoms with Gasteiger partial charge in [-0.05, 0) is 37.1 Å². The summed E-state index contributed by atoms with van der Waals surface area (Å²) in [6.07, 6.45) is -0.185. The van der Waals surface area contributed by atoms with E-state index in [2.05, 4.69) is 15.9 Å². The lowest BCUT2D eigenvalue weighted by Crippen LogP contribution is -2.06. The Balaban J connectivity index is 2.38. The van der Waals surface area contributed by atoms with Gasteiger partial charge in [-0.1, -0.05) is 28.1 Å². The standard InChI is InChI=1S/C15H11BrF4/c1-8-5-6-13(19)14(15(8)20)10(16)7-9-11(17)3-2-4-12(9)18/h2-6,10H,7H2,1H3. The van der Waals surface area contributed by atoms with Crippen LogP contribution in [-0.2, 0) is 6.42 Å². The molecule has 0 N–H and O–H groups in total. The van der Waals surface area contributed by atoms with E-state index in [0.29, 0.717) is 0 Å². The summed E-state index contributed by atoms with van der Waals surface area (Å²) in [6, 6.07) is 5.92. The summed E-state index contributed by atoms with van der Waals surface area (Å²) >= 11 is 3.11. The first kappa shape index (κ1) is 15.0. The molecule has 0 heterocycles. The number of halogens is 5. The summed E-state index contributed by atoms with van der Waals surface area (Å²) in [7, 11) is 0. The lowest BCUT2D eigenvalue weighted by Gasteiger charge is -2.14. The average Bonchev–Trinajstić information content (AvgIpc) is 2.39. The van der Waals surface area contributed by atoms with Crippen LogP contribution in [0.4, 0.5) is 17.6 Å². The van der Waals surface area contributed by atoms with Crippen molar-refractivity contribution in [1.29, 1.82) is 0 Å². The molecule has 0 fully saturated rings. The molecule has 2 aromatic rings. The predicted molar refractivity (Wildman–Crippen MR) is 72.8 cm³/mol. The zero-order chi connectivity index (χ0) is 14.9. The second kappa shape index (κ2) is 5.95. The molecule has 0 amide bonds. The van der Waals surface area contributed by atoms with Crippen molar-refractivity contribution in [2.75, 3.05) is 0 Å². The molecule has 1 atom stereocenters. The highest BCUT2D eigenvalue weighted by Crippen LogP contribution is 2.33. The Labute approximate surface area is 122 Å². The molecule has 2 aromatic carbocycles. The second-order valence-corrected chi connectivity index (χ2v) is 5.57. The first-order valence-corrected chi connectivity index (χ1v) is 6.84. The molecular weight excluding hydrogens is 336 g/mol. The Morgan fingerprint density at radius 2 is 1.55 bits per heavy atom. The Kier molecular flexibility index (Phi) is 4.48. The topological polar surface area (TPSA) is 0 Å². The van der Waals surface area contributed by atoms with E-state index in [9.17, 15) is 17.6 Å². The molecule has 0 aliphatic heterocycles. The van der Waals surface area contributed by atoms with Gasteiger partial charge in [0.15, 0.2) is 0 Å². The van der Waals surface area contributed by atoms with Crippen LogP contribution in [0.25, 0.3) is 0 Å². The quantitative estimate of drug-likeness (QED) is 0.527. The number of hydrogen-bond acceptors (Lipinski definition) is 0. The van der Waals surface area contributed by atoms with E-state index in [0.717, 1.165) is 18.2 Å². The lowest BCUT2D eigenvalue weighted by molar-refractivity contribution is 0.531. The second-order valence-electron chi connectivity index (χ2n) is 4.46. The molecule has 2 rings (SSSR count). The number of benzene rings is 2. The third-order valence-corrected chi connectivity index (χ3v) is 3.86. The van der Waals surface area contributed by atoms with Gasteiger partial charge in [-0.15, -0.1) is 0 Å². The Morgan fingerprint density at radius 1 is 0.950 bits per heavy atom. The zero-order valence-corrected chi connectivity index (χ0v) is 12.1. The summed E-state index contributed by atoms with van der Waals surface area (Å²) in [5.41, 5.74) is -0.137. The van der Waals surface area contributed by atoms with Crippen LogP contribution in [0.5, 0.6) is 0 Å². The minimum atomic E-state index is -0.853. The van der Waals surface area contributed by atoms with Gasteiger partial charge in [0.2, 0.25) is 0 Å². The molecule has 0 nitrogen and oxygen atoms in total. The molecule has 1 unspecified atom stereocenters. The van der Waals surface area contributed by atoms with Gasteiger partial charge in [0.05, 0.1) is 0 Å². The molecule has 0 saturated heterocycles. The highest BCUT2D eigenvalue weighted by Gasteiger charge is 2.22. The third-order valence-electron chi connectivity index (χ3n) is 3.08. The van der Waals surface area contributed by atoms with E-state index in [1.54, 1.807) is 0 Å². The lowest BCUT2D eigenvalue weighted by atomic mass is 10.0. The Hall–Kier alpha value is -1.36. The van der Waals surface area contributed by atoms with Crippen LogP contribution in [0.15, 0.2) is 30.3 Å². The van der Waals surface area contributed by atoms with Crippen molar-refractivity contribution in [3.63, 3.8) is 0 Å². The minimum absolute atomic E-state index is 0.185. The molecule has 0 saturated carbocycles. The van der Waals surface area contributed by atoms with Gasteiger partial charge in [0.1, 0.15) is 23.3 Å². The fraction of sp³-hybridized carbons (Fsp3) is 0.200. The summed E-state index contributed by atoms with van der Waals surface area (Å²) in [4.78, 5) is -0.853. The molecule has 5 heteroatoms. The third kappa shape index (κ3) is 2.87. The number of alkyl halides is 1. The van der Waals surface area contributed by atoms with Crippen LogP contribution < -0.4 is 0 Å². The molecule has 106 valence electrons. The monoisotopic (exact) mass is 346 g/mol. The van der Waals surface area contributed by atoms with Crippen molar-refractivity contribution >= 4 is 15.9 Å². The van der Waals surface area contributed by atoms with Gasteiger partial charge in [-0.3, -0.25) is 0 Å². The first-order valence-electron chi connectivity index (χ1n) is 5.93.